The first-order valence-corrected chi connectivity index (χ1v) is 9.71. The van der Waals surface area contributed by atoms with Crippen LogP contribution in [0.2, 0.25) is 0 Å². The van der Waals surface area contributed by atoms with Gasteiger partial charge in [0.25, 0.3) is 5.91 Å². The normalized spacial score (nSPS) is 10.5. The van der Waals surface area contributed by atoms with E-state index in [9.17, 15) is 9.59 Å². The maximum Gasteiger partial charge on any atom is 0.317 e. The summed E-state index contributed by atoms with van der Waals surface area (Å²) in [5, 5.41) is 6.20. The summed E-state index contributed by atoms with van der Waals surface area (Å²) in [5.74, 6) is 0.222. The van der Waals surface area contributed by atoms with E-state index in [1.807, 2.05) is 48.5 Å². The number of benzene rings is 2. The summed E-state index contributed by atoms with van der Waals surface area (Å²) in [6.07, 6.45) is 0. The van der Waals surface area contributed by atoms with Crippen molar-refractivity contribution < 1.29 is 14.3 Å². The van der Waals surface area contributed by atoms with E-state index in [0.717, 1.165) is 33.9 Å². The second kappa shape index (κ2) is 9.22. The summed E-state index contributed by atoms with van der Waals surface area (Å²) in [4.78, 5) is 23.5. The minimum atomic E-state index is -0.738. The van der Waals surface area contributed by atoms with Gasteiger partial charge < -0.3 is 21.5 Å². The molecule has 0 spiro atoms. The van der Waals surface area contributed by atoms with Crippen LogP contribution in [0.1, 0.15) is 21.5 Å². The van der Waals surface area contributed by atoms with Gasteiger partial charge in [-0.1, -0.05) is 36.4 Å². The van der Waals surface area contributed by atoms with Crippen LogP contribution in [0.3, 0.4) is 0 Å². The predicted octanol–water partition coefficient (Wildman–Crippen LogP) is 3.30. The Labute approximate surface area is 172 Å². The van der Waals surface area contributed by atoms with Gasteiger partial charge in [0.1, 0.15) is 10.8 Å². The number of methoxy groups -OCH3 is 1. The molecule has 8 heteroatoms. The molecule has 0 bridgehead atoms. The summed E-state index contributed by atoms with van der Waals surface area (Å²) < 4.78 is 5.23. The zero-order chi connectivity index (χ0) is 20.8. The average molecular weight is 410 g/mol. The molecule has 150 valence electrons. The van der Waals surface area contributed by atoms with Gasteiger partial charge >= 0.3 is 6.03 Å². The van der Waals surface area contributed by atoms with E-state index in [0.29, 0.717) is 11.5 Å². The summed E-state index contributed by atoms with van der Waals surface area (Å²) in [5.41, 5.74) is 14.0. The number of primary amides is 2. The second-order valence-corrected chi connectivity index (χ2v) is 7.41. The Morgan fingerprint density at radius 3 is 2.38 bits per heavy atom. The van der Waals surface area contributed by atoms with Gasteiger partial charge in [-0.05, 0) is 34.9 Å². The number of carbonyl (C=O) groups is 2. The lowest BCUT2D eigenvalue weighted by atomic mass is 10.1. The molecule has 3 aromatic rings. The van der Waals surface area contributed by atoms with Crippen molar-refractivity contribution in [3.63, 3.8) is 0 Å². The van der Waals surface area contributed by atoms with Crippen LogP contribution in [0.4, 0.5) is 9.80 Å². The van der Waals surface area contributed by atoms with Crippen molar-refractivity contribution in [2.45, 2.75) is 13.1 Å². The number of ether oxygens (including phenoxy) is 1. The van der Waals surface area contributed by atoms with Crippen molar-refractivity contribution in [1.29, 1.82) is 0 Å². The highest BCUT2D eigenvalue weighted by Gasteiger charge is 2.16. The molecule has 0 aliphatic carbocycles. The van der Waals surface area contributed by atoms with Gasteiger partial charge in [-0.15, -0.1) is 11.3 Å². The standard InChI is InChI=1S/C21H22N4O3S/c1-28-16-4-2-3-14(9-16)12-24-11-13-5-7-15(8-6-13)18-10-17(19(22)26)20(29-18)25-21(23)27/h2-10,24H,11-12H2,1H3,(H2,22,26)(H3,23,25,27). The lowest BCUT2D eigenvalue weighted by molar-refractivity contribution is 0.100. The van der Waals surface area contributed by atoms with E-state index in [4.69, 9.17) is 16.2 Å². The van der Waals surface area contributed by atoms with Crippen molar-refractivity contribution in [2.24, 2.45) is 11.5 Å². The Morgan fingerprint density at radius 1 is 1.00 bits per heavy atom. The number of nitrogens with two attached hydrogens (primary N) is 2. The van der Waals surface area contributed by atoms with Crippen molar-refractivity contribution in [1.82, 2.24) is 5.32 Å². The van der Waals surface area contributed by atoms with Gasteiger partial charge in [0.2, 0.25) is 0 Å². The largest absolute Gasteiger partial charge is 0.497 e. The van der Waals surface area contributed by atoms with Crippen LogP contribution >= 0.6 is 11.3 Å². The average Bonchev–Trinajstić information content (AvgIpc) is 3.12. The second-order valence-electron chi connectivity index (χ2n) is 6.36. The van der Waals surface area contributed by atoms with E-state index < -0.39 is 11.9 Å². The van der Waals surface area contributed by atoms with E-state index >= 15 is 0 Å². The predicted molar refractivity (Wildman–Crippen MR) is 115 cm³/mol. The lowest BCUT2D eigenvalue weighted by Gasteiger charge is -2.07. The molecule has 1 aromatic heterocycles. The van der Waals surface area contributed by atoms with Crippen LogP contribution in [0.25, 0.3) is 10.4 Å². The SMILES string of the molecule is COc1cccc(CNCc2ccc(-c3cc(C(N)=O)c(NC(N)=O)s3)cc2)c1. The van der Waals surface area contributed by atoms with Crippen molar-refractivity contribution in [2.75, 3.05) is 12.4 Å². The Balaban J connectivity index is 1.65. The highest BCUT2D eigenvalue weighted by molar-refractivity contribution is 7.20. The topological polar surface area (TPSA) is 119 Å². The first-order chi connectivity index (χ1) is 14.0. The maximum absolute atomic E-state index is 11.6. The van der Waals surface area contributed by atoms with Crippen LogP contribution in [0.5, 0.6) is 5.75 Å². The number of amides is 3. The summed E-state index contributed by atoms with van der Waals surface area (Å²) >= 11 is 1.25. The molecule has 0 saturated carbocycles. The molecule has 0 saturated heterocycles. The molecule has 0 aliphatic heterocycles. The number of hydrogen-bond donors (Lipinski definition) is 4. The van der Waals surface area contributed by atoms with Crippen molar-refractivity contribution >= 4 is 28.3 Å². The quantitative estimate of drug-likeness (QED) is 0.455. The Morgan fingerprint density at radius 2 is 1.72 bits per heavy atom. The van der Waals surface area contributed by atoms with Gasteiger partial charge in [-0.2, -0.15) is 0 Å². The third-order valence-electron chi connectivity index (χ3n) is 4.27. The number of hydrogen-bond acceptors (Lipinski definition) is 5. The minimum absolute atomic E-state index is 0.243. The number of rotatable bonds is 8. The summed E-state index contributed by atoms with van der Waals surface area (Å²) in [7, 11) is 1.65. The number of anilines is 1. The molecule has 0 unspecified atom stereocenters. The van der Waals surface area contributed by atoms with Gasteiger partial charge in [-0.25, -0.2) is 4.79 Å². The zero-order valence-corrected chi connectivity index (χ0v) is 16.7. The maximum atomic E-state index is 11.6. The summed E-state index contributed by atoms with van der Waals surface area (Å²) in [6.45, 7) is 1.44. The number of carbonyl (C=O) groups excluding carboxylic acids is 2. The van der Waals surface area contributed by atoms with Gasteiger partial charge in [0, 0.05) is 18.0 Å². The van der Waals surface area contributed by atoms with E-state index in [1.165, 1.54) is 11.3 Å². The minimum Gasteiger partial charge on any atom is -0.497 e. The molecule has 3 rings (SSSR count). The molecule has 0 aliphatic rings. The Kier molecular flexibility index (Phi) is 6.48. The Hall–Kier alpha value is -3.36. The van der Waals surface area contributed by atoms with Gasteiger partial charge in [-0.3, -0.25) is 10.1 Å². The number of thiophene rings is 1. The molecule has 1 heterocycles. The van der Waals surface area contributed by atoms with E-state index in [-0.39, 0.29) is 5.56 Å². The van der Waals surface area contributed by atoms with E-state index in [1.54, 1.807) is 13.2 Å². The fourth-order valence-electron chi connectivity index (χ4n) is 2.84. The third-order valence-corrected chi connectivity index (χ3v) is 5.36. The van der Waals surface area contributed by atoms with Crippen LogP contribution < -0.4 is 26.8 Å². The zero-order valence-electron chi connectivity index (χ0n) is 15.9. The Bertz CT molecular complexity index is 1020. The first kappa shape index (κ1) is 20.4. The highest BCUT2D eigenvalue weighted by atomic mass is 32.1. The molecule has 7 nitrogen and oxygen atoms in total. The third kappa shape index (κ3) is 5.34. The van der Waals surface area contributed by atoms with Gasteiger partial charge in [0.05, 0.1) is 12.7 Å². The van der Waals surface area contributed by atoms with Crippen LogP contribution in [-0.4, -0.2) is 19.0 Å². The van der Waals surface area contributed by atoms with Crippen LogP contribution in [0.15, 0.2) is 54.6 Å². The first-order valence-electron chi connectivity index (χ1n) is 8.89. The van der Waals surface area contributed by atoms with Crippen LogP contribution in [-0.2, 0) is 13.1 Å². The molecule has 6 N–H and O–H groups in total. The molecule has 3 amide bonds. The molecule has 29 heavy (non-hydrogen) atoms. The molecular formula is C21H22N4O3S. The molecule has 0 radical (unpaired) electrons. The molecule has 0 atom stereocenters. The fraction of sp³-hybridized carbons (Fsp3) is 0.143. The van der Waals surface area contributed by atoms with E-state index in [2.05, 4.69) is 10.6 Å². The smallest absolute Gasteiger partial charge is 0.317 e. The van der Waals surface area contributed by atoms with Crippen molar-refractivity contribution in [3.05, 3.63) is 71.3 Å². The molecule has 0 fully saturated rings. The number of urea groups is 1. The highest BCUT2D eigenvalue weighted by Crippen LogP contribution is 2.35. The summed E-state index contributed by atoms with van der Waals surface area (Å²) in [6, 6.07) is 16.8. The number of nitrogens with one attached hydrogen (secondary N) is 2. The molecule has 2 aromatic carbocycles. The van der Waals surface area contributed by atoms with Crippen LogP contribution in [0, 0.1) is 0 Å². The van der Waals surface area contributed by atoms with Crippen molar-refractivity contribution in [3.8, 4) is 16.2 Å². The molecular weight excluding hydrogens is 388 g/mol. The lowest BCUT2D eigenvalue weighted by Crippen LogP contribution is -2.21. The fourth-order valence-corrected chi connectivity index (χ4v) is 3.91. The van der Waals surface area contributed by atoms with Gasteiger partial charge in [0.15, 0.2) is 0 Å². The monoisotopic (exact) mass is 410 g/mol.